The molecule has 19 heavy (non-hydrogen) atoms. The Bertz CT molecular complexity index is 370. The molecule has 1 fully saturated rings. The van der Waals surface area contributed by atoms with E-state index in [9.17, 15) is 4.79 Å². The van der Waals surface area contributed by atoms with E-state index in [4.69, 9.17) is 4.42 Å². The third kappa shape index (κ3) is 4.10. The molecule has 1 aromatic rings. The first kappa shape index (κ1) is 14.1. The molecule has 1 amide bonds. The van der Waals surface area contributed by atoms with Crippen molar-refractivity contribution in [3.05, 3.63) is 24.2 Å². The summed E-state index contributed by atoms with van der Waals surface area (Å²) in [4.78, 5) is 14.0. The minimum absolute atomic E-state index is 0.212. The molecule has 4 heteroatoms. The molecular formula is C15H24N2O2. The first-order valence-electron chi connectivity index (χ1n) is 7.36. The second-order valence-corrected chi connectivity index (χ2v) is 5.12. The van der Waals surface area contributed by atoms with E-state index in [1.807, 2.05) is 17.0 Å². The molecule has 1 aliphatic rings. The lowest BCUT2D eigenvalue weighted by Crippen LogP contribution is -2.37. The van der Waals surface area contributed by atoms with Crippen molar-refractivity contribution in [2.75, 3.05) is 19.6 Å². The number of nitrogens with zero attached hydrogens (tertiary/aromatic N) is 1. The quantitative estimate of drug-likeness (QED) is 0.859. The zero-order valence-corrected chi connectivity index (χ0v) is 11.7. The maximum absolute atomic E-state index is 12.0. The molecule has 1 atom stereocenters. The Balaban J connectivity index is 1.71. The van der Waals surface area contributed by atoms with Crippen LogP contribution in [0.3, 0.4) is 0 Å². The number of amides is 1. The van der Waals surface area contributed by atoms with E-state index in [1.165, 1.54) is 6.42 Å². The molecule has 1 N–H and O–H groups in total. The number of carbonyl (C=O) groups excluding carboxylic acids is 1. The van der Waals surface area contributed by atoms with Gasteiger partial charge in [0.05, 0.1) is 12.3 Å². The molecule has 0 radical (unpaired) electrons. The summed E-state index contributed by atoms with van der Waals surface area (Å²) in [6.07, 6.45) is 6.81. The fourth-order valence-corrected chi connectivity index (χ4v) is 2.59. The maximum atomic E-state index is 12.0. The van der Waals surface area contributed by atoms with Gasteiger partial charge in [0, 0.05) is 26.1 Å². The van der Waals surface area contributed by atoms with Crippen LogP contribution in [-0.2, 0) is 4.79 Å². The van der Waals surface area contributed by atoms with Crippen LogP contribution in [0, 0.1) is 0 Å². The predicted octanol–water partition coefficient (Wildman–Crippen LogP) is 2.72. The zero-order valence-electron chi connectivity index (χ0n) is 11.7. The highest BCUT2D eigenvalue weighted by Gasteiger charge is 2.17. The third-order valence-electron chi connectivity index (χ3n) is 3.73. The Labute approximate surface area is 115 Å². The van der Waals surface area contributed by atoms with Crippen LogP contribution in [0.2, 0.25) is 0 Å². The average molecular weight is 264 g/mol. The van der Waals surface area contributed by atoms with Crippen LogP contribution in [0.25, 0.3) is 0 Å². The van der Waals surface area contributed by atoms with Crippen molar-refractivity contribution in [3.8, 4) is 0 Å². The molecule has 0 aromatic carbocycles. The molecule has 1 aromatic heterocycles. The fourth-order valence-electron chi connectivity index (χ4n) is 2.59. The topological polar surface area (TPSA) is 45.5 Å². The third-order valence-corrected chi connectivity index (χ3v) is 3.73. The van der Waals surface area contributed by atoms with E-state index in [0.29, 0.717) is 13.0 Å². The summed E-state index contributed by atoms with van der Waals surface area (Å²) in [7, 11) is 0. The van der Waals surface area contributed by atoms with Gasteiger partial charge in [-0.1, -0.05) is 6.92 Å². The molecule has 0 spiro atoms. The van der Waals surface area contributed by atoms with Crippen LogP contribution in [-0.4, -0.2) is 30.4 Å². The smallest absolute Gasteiger partial charge is 0.223 e. The standard InChI is InChI=1S/C15H24N2O2/c1-2-13(14-7-6-12-19-14)16-9-8-15(18)17-10-4-3-5-11-17/h6-7,12-13,16H,2-5,8-11H2,1H3. The number of nitrogens with one attached hydrogen (secondary N) is 1. The van der Waals surface area contributed by atoms with E-state index in [1.54, 1.807) is 6.26 Å². The Morgan fingerprint density at radius 2 is 2.21 bits per heavy atom. The molecule has 4 nitrogen and oxygen atoms in total. The highest BCUT2D eigenvalue weighted by molar-refractivity contribution is 5.76. The van der Waals surface area contributed by atoms with Gasteiger partial charge < -0.3 is 14.6 Å². The largest absolute Gasteiger partial charge is 0.468 e. The molecule has 0 saturated carbocycles. The normalized spacial score (nSPS) is 17.4. The molecular weight excluding hydrogens is 240 g/mol. The van der Waals surface area contributed by atoms with Gasteiger partial charge in [0.1, 0.15) is 5.76 Å². The van der Waals surface area contributed by atoms with Gasteiger partial charge in [0.25, 0.3) is 0 Å². The molecule has 2 rings (SSSR count). The van der Waals surface area contributed by atoms with Crippen molar-refractivity contribution in [1.29, 1.82) is 0 Å². The summed E-state index contributed by atoms with van der Waals surface area (Å²) >= 11 is 0. The van der Waals surface area contributed by atoms with E-state index >= 15 is 0 Å². The predicted molar refractivity (Wildman–Crippen MR) is 74.8 cm³/mol. The highest BCUT2D eigenvalue weighted by Crippen LogP contribution is 2.16. The molecule has 0 aliphatic carbocycles. The Kier molecular flexibility index (Phi) is 5.45. The van der Waals surface area contributed by atoms with Crippen molar-refractivity contribution < 1.29 is 9.21 Å². The van der Waals surface area contributed by atoms with Gasteiger partial charge in [-0.3, -0.25) is 4.79 Å². The molecule has 1 saturated heterocycles. The van der Waals surface area contributed by atoms with E-state index in [-0.39, 0.29) is 11.9 Å². The van der Waals surface area contributed by atoms with Crippen molar-refractivity contribution in [3.63, 3.8) is 0 Å². The summed E-state index contributed by atoms with van der Waals surface area (Å²) < 4.78 is 5.40. The number of hydrogen-bond donors (Lipinski definition) is 1. The summed E-state index contributed by atoms with van der Waals surface area (Å²) in [5.41, 5.74) is 0. The van der Waals surface area contributed by atoms with Gasteiger partial charge in [-0.05, 0) is 37.8 Å². The van der Waals surface area contributed by atoms with Crippen molar-refractivity contribution in [2.24, 2.45) is 0 Å². The van der Waals surface area contributed by atoms with Crippen LogP contribution in [0.4, 0.5) is 0 Å². The summed E-state index contributed by atoms with van der Waals surface area (Å²) in [5, 5.41) is 3.40. The SMILES string of the molecule is CCC(NCCC(=O)N1CCCCC1)c1ccco1. The minimum Gasteiger partial charge on any atom is -0.468 e. The lowest BCUT2D eigenvalue weighted by molar-refractivity contribution is -0.132. The van der Waals surface area contributed by atoms with Crippen molar-refractivity contribution in [2.45, 2.75) is 45.1 Å². The van der Waals surface area contributed by atoms with Gasteiger partial charge in [0.15, 0.2) is 0 Å². The number of hydrogen-bond acceptors (Lipinski definition) is 3. The molecule has 1 unspecified atom stereocenters. The Morgan fingerprint density at radius 1 is 1.42 bits per heavy atom. The Morgan fingerprint density at radius 3 is 2.84 bits per heavy atom. The highest BCUT2D eigenvalue weighted by atomic mass is 16.3. The second-order valence-electron chi connectivity index (χ2n) is 5.12. The van der Waals surface area contributed by atoms with Gasteiger partial charge in [0.2, 0.25) is 5.91 Å². The van der Waals surface area contributed by atoms with E-state index < -0.39 is 0 Å². The molecule has 1 aliphatic heterocycles. The molecule has 2 heterocycles. The van der Waals surface area contributed by atoms with Crippen LogP contribution >= 0.6 is 0 Å². The Hall–Kier alpha value is -1.29. The van der Waals surface area contributed by atoms with Crippen LogP contribution in [0.15, 0.2) is 22.8 Å². The second kappa shape index (κ2) is 7.34. The number of likely N-dealkylation sites (tertiary alicyclic amines) is 1. The zero-order chi connectivity index (χ0) is 13.5. The van der Waals surface area contributed by atoms with Gasteiger partial charge >= 0.3 is 0 Å². The summed E-state index contributed by atoms with van der Waals surface area (Å²) in [5.74, 6) is 1.23. The average Bonchev–Trinajstić information content (AvgIpc) is 2.98. The van der Waals surface area contributed by atoms with Gasteiger partial charge in [-0.2, -0.15) is 0 Å². The fraction of sp³-hybridized carbons (Fsp3) is 0.667. The van der Waals surface area contributed by atoms with Crippen LogP contribution in [0.1, 0.15) is 50.8 Å². The van der Waals surface area contributed by atoms with Crippen LogP contribution in [0.5, 0.6) is 0 Å². The summed E-state index contributed by atoms with van der Waals surface area (Å²) in [6, 6.07) is 4.09. The van der Waals surface area contributed by atoms with Crippen molar-refractivity contribution in [1.82, 2.24) is 10.2 Å². The summed E-state index contributed by atoms with van der Waals surface area (Å²) in [6.45, 7) is 4.71. The number of carbonyl (C=O) groups is 1. The minimum atomic E-state index is 0.212. The number of furan rings is 1. The monoisotopic (exact) mass is 264 g/mol. The van der Waals surface area contributed by atoms with Gasteiger partial charge in [-0.25, -0.2) is 0 Å². The van der Waals surface area contributed by atoms with Crippen molar-refractivity contribution >= 4 is 5.91 Å². The first-order chi connectivity index (χ1) is 9.31. The van der Waals surface area contributed by atoms with Crippen LogP contribution < -0.4 is 5.32 Å². The lowest BCUT2D eigenvalue weighted by Gasteiger charge is -2.27. The number of piperidine rings is 1. The van der Waals surface area contributed by atoms with E-state index in [0.717, 1.165) is 38.1 Å². The first-order valence-corrected chi connectivity index (χ1v) is 7.36. The van der Waals surface area contributed by atoms with Gasteiger partial charge in [-0.15, -0.1) is 0 Å². The maximum Gasteiger partial charge on any atom is 0.223 e. The lowest BCUT2D eigenvalue weighted by atomic mass is 10.1. The van der Waals surface area contributed by atoms with E-state index in [2.05, 4.69) is 12.2 Å². The molecule has 106 valence electrons. The molecule has 0 bridgehead atoms. The number of rotatable bonds is 6.